The fourth-order valence-corrected chi connectivity index (χ4v) is 12.6. The number of hydrogen-bond donors (Lipinski definition) is 10. The number of likely N-dealkylation sites (tertiary alicyclic amines) is 1. The number of nitrogens with zero attached hydrogens (tertiary/aromatic N) is 4. The summed E-state index contributed by atoms with van der Waals surface area (Å²) in [4.78, 5) is 140. The number of carboxylic acid groups (broad SMARTS) is 2. The van der Waals surface area contributed by atoms with E-state index in [-0.39, 0.29) is 71.2 Å². The highest BCUT2D eigenvalue weighted by molar-refractivity contribution is 7.09. The smallest absolute Gasteiger partial charge is 0.407 e. The fraction of sp³-hybridized carbons (Fsp3) is 0.585. The summed E-state index contributed by atoms with van der Waals surface area (Å²) in [6, 6.07) is 9.82. The average Bonchev–Trinajstić information content (AvgIpc) is 1.03. The number of carboxylic acids is 2. The third kappa shape index (κ3) is 20.1. The van der Waals surface area contributed by atoms with Crippen LogP contribution in [0.5, 0.6) is 5.75 Å². The molecule has 2 saturated heterocycles. The number of ether oxygens (including phenoxy) is 4. The van der Waals surface area contributed by atoms with Gasteiger partial charge in [-0.25, -0.2) is 14.6 Å². The van der Waals surface area contributed by atoms with E-state index in [0.29, 0.717) is 47.7 Å². The highest BCUT2D eigenvalue weighted by Crippen LogP contribution is 2.35. The Morgan fingerprint density at radius 1 is 0.883 bits per heavy atom. The van der Waals surface area contributed by atoms with Crippen molar-refractivity contribution >= 4 is 76.4 Å². The van der Waals surface area contributed by atoms with Gasteiger partial charge in [0.1, 0.15) is 65.1 Å². The largest absolute Gasteiger partial charge is 0.481 e. The van der Waals surface area contributed by atoms with Crippen LogP contribution in [0.2, 0.25) is 0 Å². The summed E-state index contributed by atoms with van der Waals surface area (Å²) in [5.41, 5.74) is 0.638. The van der Waals surface area contributed by atoms with Crippen molar-refractivity contribution in [3.63, 3.8) is 0 Å². The number of quaternary nitrogens is 1. The lowest BCUT2D eigenvalue weighted by Crippen LogP contribution is -2.63. The number of likely N-dealkylation sites (N-methyl/N-ethyl adjacent to an activating group) is 2. The number of rotatable bonds is 31. The van der Waals surface area contributed by atoms with Crippen molar-refractivity contribution in [1.29, 1.82) is 0 Å². The lowest BCUT2D eigenvalue weighted by molar-refractivity contribution is -0.942. The Morgan fingerprint density at radius 3 is 2.18 bits per heavy atom. The second kappa shape index (κ2) is 33.4. The van der Waals surface area contributed by atoms with Crippen molar-refractivity contribution in [1.82, 2.24) is 36.1 Å². The van der Waals surface area contributed by atoms with E-state index in [1.165, 1.54) is 30.6 Å². The summed E-state index contributed by atoms with van der Waals surface area (Å²) in [5.74, 6) is -8.45. The van der Waals surface area contributed by atoms with Crippen LogP contribution in [-0.2, 0) is 65.5 Å². The number of benzene rings is 2. The van der Waals surface area contributed by atoms with Crippen molar-refractivity contribution in [2.75, 3.05) is 46.2 Å². The first-order valence-corrected chi connectivity index (χ1v) is 32.4. The molecule has 29 heteroatoms. The molecule has 10 N–H and O–H groups in total. The number of methoxy groups -OCH3 is 1. The van der Waals surface area contributed by atoms with Gasteiger partial charge in [0, 0.05) is 75.1 Å². The number of anilines is 1. The first-order chi connectivity index (χ1) is 44.2. The number of carbonyl (C=O) groups is 10. The zero-order chi connectivity index (χ0) is 69.5. The number of alkyl carbamates (subject to hydrolysis) is 1. The molecule has 14 atom stereocenters. The first kappa shape index (κ1) is 75.1. The summed E-state index contributed by atoms with van der Waals surface area (Å²) >= 11 is 1.23. The summed E-state index contributed by atoms with van der Waals surface area (Å²) < 4.78 is 22.7. The Labute approximate surface area is 550 Å². The molecule has 3 aliphatic heterocycles. The zero-order valence-corrected chi connectivity index (χ0v) is 55.9. The average molecular weight is 1340 g/mol. The molecule has 2 aromatic carbocycles. The van der Waals surface area contributed by atoms with Crippen LogP contribution >= 0.6 is 11.3 Å². The number of thiazole rings is 1. The second-order valence-electron chi connectivity index (χ2n) is 25.9. The van der Waals surface area contributed by atoms with Gasteiger partial charge in [0.05, 0.1) is 31.7 Å². The molecule has 0 bridgehead atoms. The van der Waals surface area contributed by atoms with E-state index in [4.69, 9.17) is 18.9 Å². The lowest BCUT2D eigenvalue weighted by Gasteiger charge is -2.44. The Bertz CT molecular complexity index is 3200. The molecule has 2 fully saturated rings. The Hall–Kier alpha value is -7.93. The van der Waals surface area contributed by atoms with Gasteiger partial charge in [-0.1, -0.05) is 71.4 Å². The van der Waals surface area contributed by atoms with Gasteiger partial charge >= 0.3 is 18.0 Å². The van der Waals surface area contributed by atoms with Crippen molar-refractivity contribution in [3.8, 4) is 5.75 Å². The number of nitrogens with one attached hydrogen (secondary N) is 5. The van der Waals surface area contributed by atoms with Gasteiger partial charge in [-0.3, -0.25) is 43.3 Å². The minimum atomic E-state index is -2.04. The molecular weight excluding hydrogens is 1240 g/mol. The molecule has 4 heterocycles. The lowest BCUT2D eigenvalue weighted by atomic mass is 9.92. The standard InChI is InChI=1S/C65H91N9O19S/c1-12-36(4)51(60(84)72(9)43(35(2)3)31-47(90-11)59-70-42(34-94-59)56(81)68-40(28-37(5)61(85)86)29-38-18-14-13-15-19-38)71-58(83)45-20-16-17-27-74(45,10)33-39-21-22-46(91-63-54(80)52(78)53(79)55(92-63)62(87)88)41(30-39)69-48(75)25-26-66-57(82)44(73-49(76)23-24-50(73)77)32-67-64(89)93-65(6,7)8/h13-15,18-19,21-24,30,34-37,40,43-45,47,51-55,63,78-80H,12,16-17,20,25-29,31-33H2,1-11H3,(H6-,66,67,68,69,71,75,81,82,83,85,86,87,88,89)/p+1/t36-,37-,40+,43+,44-,45+,47+,51-,52-,53-,54+,55-,63+,74?/m0/s1. The molecule has 28 nitrogen and oxygen atoms in total. The number of amides is 8. The Morgan fingerprint density at radius 2 is 1.56 bits per heavy atom. The number of aliphatic carboxylic acids is 2. The minimum absolute atomic E-state index is 0.0606. The molecule has 516 valence electrons. The normalized spacial score (nSPS) is 22.8. The summed E-state index contributed by atoms with van der Waals surface area (Å²) in [6.07, 6.45) is -6.81. The molecule has 8 amide bonds. The van der Waals surface area contributed by atoms with Gasteiger partial charge in [0.15, 0.2) is 12.1 Å². The fourth-order valence-electron chi connectivity index (χ4n) is 11.7. The van der Waals surface area contributed by atoms with Crippen LogP contribution in [0.25, 0.3) is 0 Å². The maximum Gasteiger partial charge on any atom is 0.407 e. The van der Waals surface area contributed by atoms with E-state index >= 15 is 0 Å². The van der Waals surface area contributed by atoms with E-state index in [1.807, 2.05) is 65.1 Å². The predicted molar refractivity (Wildman–Crippen MR) is 341 cm³/mol. The molecule has 3 aromatic rings. The molecule has 1 unspecified atom stereocenters. The molecule has 1 aromatic heterocycles. The van der Waals surface area contributed by atoms with Crippen LogP contribution in [0.1, 0.15) is 133 Å². The van der Waals surface area contributed by atoms with E-state index < -0.39 is 139 Å². The number of imide groups is 1. The van der Waals surface area contributed by atoms with Gasteiger partial charge in [0.25, 0.3) is 23.6 Å². The van der Waals surface area contributed by atoms with Gasteiger partial charge in [-0.2, -0.15) is 0 Å². The van der Waals surface area contributed by atoms with Crippen LogP contribution < -0.4 is 31.3 Å². The summed E-state index contributed by atoms with van der Waals surface area (Å²) in [5, 5.41) is 67.3. The topological polar surface area (TPSA) is 388 Å². The van der Waals surface area contributed by atoms with E-state index in [9.17, 15) is 73.5 Å². The minimum Gasteiger partial charge on any atom is -0.481 e. The van der Waals surface area contributed by atoms with Crippen LogP contribution in [0, 0.1) is 17.8 Å². The molecule has 6 rings (SSSR count). The number of carbonyl (C=O) groups excluding carboxylic acids is 8. The zero-order valence-electron chi connectivity index (χ0n) is 55.1. The van der Waals surface area contributed by atoms with Crippen molar-refractivity contribution in [2.24, 2.45) is 17.8 Å². The van der Waals surface area contributed by atoms with Crippen molar-refractivity contribution in [3.05, 3.63) is 87.9 Å². The molecule has 0 radical (unpaired) electrons. The maximum absolute atomic E-state index is 15.0. The SMILES string of the molecule is CC[C@H](C)[C@H](NC(=O)[C@H]1CCCC[N+]1(C)Cc1ccc(O[C@@H]2O[C@H](C(=O)O)[C@@H](O)[C@H](O)[C@H]2O)c(NC(=O)CCNC(=O)[C@H](CNC(=O)OC(C)(C)C)N2C(=O)C=CC2=O)c1)C(=O)N(C)[C@H](C[C@@H](OC)c1nc(C(=O)N[C@@H](Cc2ccccc2)C[C@H](C)C(=O)O)cs1)C(C)C. The molecular formula is C65H92N9O19S+. The first-order valence-electron chi connectivity index (χ1n) is 31.5. The highest BCUT2D eigenvalue weighted by Gasteiger charge is 2.49. The van der Waals surface area contributed by atoms with Crippen LogP contribution in [0.4, 0.5) is 10.5 Å². The number of aliphatic hydroxyl groups excluding tert-OH is 3. The second-order valence-corrected chi connectivity index (χ2v) is 26.8. The predicted octanol–water partition coefficient (Wildman–Crippen LogP) is 3.42. The number of aliphatic hydroxyl groups is 3. The molecule has 0 spiro atoms. The molecule has 94 heavy (non-hydrogen) atoms. The van der Waals surface area contributed by atoms with E-state index in [2.05, 4.69) is 31.6 Å². The number of aromatic nitrogens is 1. The summed E-state index contributed by atoms with van der Waals surface area (Å²) in [7, 11) is 5.11. The van der Waals surface area contributed by atoms with Crippen LogP contribution in [-0.4, -0.2) is 212 Å². The van der Waals surface area contributed by atoms with Crippen LogP contribution in [0.3, 0.4) is 0 Å². The Kier molecular flexibility index (Phi) is 26.7. The molecule has 0 saturated carbocycles. The number of piperidine rings is 1. The van der Waals surface area contributed by atoms with Gasteiger partial charge in [-0.15, -0.1) is 11.3 Å². The van der Waals surface area contributed by atoms with Gasteiger partial charge < -0.3 is 80.4 Å². The van der Waals surface area contributed by atoms with Crippen molar-refractivity contribution < 1.29 is 96.9 Å². The molecule has 3 aliphatic rings. The van der Waals surface area contributed by atoms with Crippen LogP contribution in [0.15, 0.2) is 66.1 Å². The highest BCUT2D eigenvalue weighted by atomic mass is 32.1. The quantitative estimate of drug-likeness (QED) is 0.0326. The van der Waals surface area contributed by atoms with Gasteiger partial charge in [0.2, 0.25) is 24.0 Å². The monoisotopic (exact) mass is 1330 g/mol. The van der Waals surface area contributed by atoms with E-state index in [0.717, 1.165) is 24.1 Å². The Balaban J connectivity index is 1.19. The third-order valence-electron chi connectivity index (χ3n) is 17.2. The van der Waals surface area contributed by atoms with E-state index in [1.54, 1.807) is 51.1 Å². The summed E-state index contributed by atoms with van der Waals surface area (Å²) in [6.45, 7) is 13.9. The number of hydrogen-bond acceptors (Lipinski definition) is 19. The van der Waals surface area contributed by atoms with Crippen molar-refractivity contribution in [2.45, 2.75) is 186 Å². The molecule has 0 aliphatic carbocycles. The maximum atomic E-state index is 15.0. The van der Waals surface area contributed by atoms with Gasteiger partial charge in [-0.05, 0) is 82.1 Å². The third-order valence-corrected chi connectivity index (χ3v) is 18.1.